The average molecular weight is 236 g/mol. The molecule has 92 valence electrons. The van der Waals surface area contributed by atoms with Crippen molar-refractivity contribution in [3.63, 3.8) is 0 Å². The van der Waals surface area contributed by atoms with E-state index < -0.39 is 5.82 Å². The van der Waals surface area contributed by atoms with Gasteiger partial charge in [-0.25, -0.2) is 4.39 Å². The van der Waals surface area contributed by atoms with Gasteiger partial charge in [0.2, 0.25) is 0 Å². The fraction of sp³-hybridized carbons (Fsp3) is 0.357. The van der Waals surface area contributed by atoms with Crippen molar-refractivity contribution < 1.29 is 13.9 Å². The van der Waals surface area contributed by atoms with Crippen molar-refractivity contribution in [1.29, 1.82) is 0 Å². The number of carbonyl (C=O) groups excluding carboxylic acids is 1. The fourth-order valence-corrected chi connectivity index (χ4v) is 1.46. The van der Waals surface area contributed by atoms with Crippen LogP contribution < -0.4 is 4.74 Å². The Morgan fingerprint density at radius 1 is 1.29 bits per heavy atom. The van der Waals surface area contributed by atoms with Crippen LogP contribution in [-0.2, 0) is 0 Å². The summed E-state index contributed by atoms with van der Waals surface area (Å²) in [5.74, 6) is -0.278. The highest BCUT2D eigenvalue weighted by Crippen LogP contribution is 2.18. The molecule has 0 amide bonds. The topological polar surface area (TPSA) is 26.3 Å². The zero-order valence-electron chi connectivity index (χ0n) is 9.82. The van der Waals surface area contributed by atoms with E-state index in [0.29, 0.717) is 18.5 Å². The predicted octanol–water partition coefficient (Wildman–Crippen LogP) is 3.76. The normalized spacial score (nSPS) is 9.94. The Bertz CT molecular complexity index is 374. The van der Waals surface area contributed by atoms with E-state index in [2.05, 4.69) is 6.58 Å². The van der Waals surface area contributed by atoms with Crippen LogP contribution in [0.3, 0.4) is 0 Å². The monoisotopic (exact) mass is 236 g/mol. The number of carbonyl (C=O) groups is 1. The molecule has 0 atom stereocenters. The molecule has 17 heavy (non-hydrogen) atoms. The Labute approximate surface area is 101 Å². The fourth-order valence-electron chi connectivity index (χ4n) is 1.46. The molecule has 0 bridgehead atoms. The van der Waals surface area contributed by atoms with Gasteiger partial charge in [0.15, 0.2) is 11.6 Å². The van der Waals surface area contributed by atoms with Crippen molar-refractivity contribution in [3.8, 4) is 5.75 Å². The summed E-state index contributed by atoms with van der Waals surface area (Å²) < 4.78 is 18.7. The van der Waals surface area contributed by atoms with E-state index in [1.807, 2.05) is 6.08 Å². The molecule has 0 fully saturated rings. The molecule has 0 aliphatic heterocycles. The lowest BCUT2D eigenvalue weighted by Gasteiger charge is -2.07. The Hall–Kier alpha value is -1.64. The predicted molar refractivity (Wildman–Crippen MR) is 65.9 cm³/mol. The van der Waals surface area contributed by atoms with Crippen molar-refractivity contribution in [2.24, 2.45) is 0 Å². The van der Waals surface area contributed by atoms with Gasteiger partial charge in [-0.2, -0.15) is 0 Å². The second-order valence-corrected chi connectivity index (χ2v) is 3.79. The van der Waals surface area contributed by atoms with Gasteiger partial charge in [0, 0.05) is 5.56 Å². The molecule has 0 unspecified atom stereocenters. The molecule has 2 nitrogen and oxygen atoms in total. The number of hydrogen-bond acceptors (Lipinski definition) is 2. The third kappa shape index (κ3) is 4.81. The highest BCUT2D eigenvalue weighted by molar-refractivity contribution is 5.74. The van der Waals surface area contributed by atoms with Gasteiger partial charge in [-0.1, -0.05) is 6.08 Å². The molecular formula is C14H17FO2. The zero-order chi connectivity index (χ0) is 12.5. The van der Waals surface area contributed by atoms with Crippen molar-refractivity contribution >= 4 is 6.29 Å². The molecule has 0 saturated heterocycles. The maximum absolute atomic E-state index is 13.4. The molecule has 0 spiro atoms. The number of aldehydes is 1. The number of rotatable bonds is 8. The first kappa shape index (κ1) is 13.4. The van der Waals surface area contributed by atoms with Crippen LogP contribution in [0.5, 0.6) is 5.75 Å². The third-order valence-corrected chi connectivity index (χ3v) is 2.40. The largest absolute Gasteiger partial charge is 0.491 e. The Balaban J connectivity index is 2.31. The van der Waals surface area contributed by atoms with E-state index in [1.54, 1.807) is 6.07 Å². The van der Waals surface area contributed by atoms with Crippen molar-refractivity contribution in [2.75, 3.05) is 6.61 Å². The summed E-state index contributed by atoms with van der Waals surface area (Å²) >= 11 is 0. The van der Waals surface area contributed by atoms with E-state index in [9.17, 15) is 9.18 Å². The van der Waals surface area contributed by atoms with E-state index in [1.165, 1.54) is 12.1 Å². The van der Waals surface area contributed by atoms with Gasteiger partial charge in [0.05, 0.1) is 6.61 Å². The Kier molecular flexibility index (Phi) is 6.00. The minimum absolute atomic E-state index is 0.208. The van der Waals surface area contributed by atoms with Crippen LogP contribution in [0.1, 0.15) is 36.0 Å². The summed E-state index contributed by atoms with van der Waals surface area (Å²) in [6.07, 6.45) is 6.52. The van der Waals surface area contributed by atoms with Crippen molar-refractivity contribution in [3.05, 3.63) is 42.2 Å². The smallest absolute Gasteiger partial charge is 0.165 e. The second-order valence-electron chi connectivity index (χ2n) is 3.79. The quantitative estimate of drug-likeness (QED) is 0.390. The molecule has 0 radical (unpaired) electrons. The molecule has 1 aromatic rings. The number of halogens is 1. The minimum atomic E-state index is -0.485. The average Bonchev–Trinajstić information content (AvgIpc) is 2.35. The number of hydrogen-bond donors (Lipinski definition) is 0. The van der Waals surface area contributed by atoms with Crippen molar-refractivity contribution in [2.45, 2.75) is 25.7 Å². The molecule has 1 aromatic carbocycles. The van der Waals surface area contributed by atoms with E-state index >= 15 is 0 Å². The van der Waals surface area contributed by atoms with E-state index in [-0.39, 0.29) is 5.75 Å². The third-order valence-electron chi connectivity index (χ3n) is 2.40. The highest BCUT2D eigenvalue weighted by Gasteiger charge is 2.03. The first-order chi connectivity index (χ1) is 8.27. The molecule has 3 heteroatoms. The van der Waals surface area contributed by atoms with Gasteiger partial charge in [0.1, 0.15) is 6.29 Å². The SMILES string of the molecule is C=CCCCCCOc1ccc(C=O)cc1F. The molecule has 0 aromatic heterocycles. The van der Waals surface area contributed by atoms with Gasteiger partial charge < -0.3 is 4.74 Å². The summed E-state index contributed by atoms with van der Waals surface area (Å²) in [7, 11) is 0. The van der Waals surface area contributed by atoms with Crippen LogP contribution in [0, 0.1) is 5.82 Å². The van der Waals surface area contributed by atoms with Gasteiger partial charge in [-0.3, -0.25) is 4.79 Å². The van der Waals surface area contributed by atoms with Crippen LogP contribution in [0.25, 0.3) is 0 Å². The molecule has 1 rings (SSSR count). The Morgan fingerprint density at radius 3 is 2.76 bits per heavy atom. The Morgan fingerprint density at radius 2 is 2.12 bits per heavy atom. The molecule has 0 aliphatic carbocycles. The van der Waals surface area contributed by atoms with E-state index in [0.717, 1.165) is 25.7 Å². The van der Waals surface area contributed by atoms with Crippen LogP contribution in [0.4, 0.5) is 4.39 Å². The summed E-state index contributed by atoms with van der Waals surface area (Å²) in [4.78, 5) is 10.4. The lowest BCUT2D eigenvalue weighted by molar-refractivity contribution is 0.112. The molecule has 0 heterocycles. The first-order valence-corrected chi connectivity index (χ1v) is 5.76. The number of unbranched alkanes of at least 4 members (excludes halogenated alkanes) is 3. The lowest BCUT2D eigenvalue weighted by Crippen LogP contribution is -1.99. The van der Waals surface area contributed by atoms with Crippen LogP contribution >= 0.6 is 0 Å². The number of ether oxygens (including phenoxy) is 1. The summed E-state index contributed by atoms with van der Waals surface area (Å²) in [6, 6.07) is 4.21. The first-order valence-electron chi connectivity index (χ1n) is 5.76. The summed E-state index contributed by atoms with van der Waals surface area (Å²) in [5.41, 5.74) is 0.320. The second kappa shape index (κ2) is 7.60. The molecule has 0 saturated carbocycles. The van der Waals surface area contributed by atoms with Crippen LogP contribution in [-0.4, -0.2) is 12.9 Å². The van der Waals surface area contributed by atoms with Gasteiger partial charge in [0.25, 0.3) is 0 Å². The minimum Gasteiger partial charge on any atom is -0.491 e. The lowest BCUT2D eigenvalue weighted by atomic mass is 10.2. The van der Waals surface area contributed by atoms with Crippen molar-refractivity contribution in [1.82, 2.24) is 0 Å². The van der Waals surface area contributed by atoms with Crippen LogP contribution in [0.2, 0.25) is 0 Å². The number of allylic oxidation sites excluding steroid dienone is 1. The maximum Gasteiger partial charge on any atom is 0.165 e. The van der Waals surface area contributed by atoms with Gasteiger partial charge in [-0.05, 0) is 43.9 Å². The summed E-state index contributed by atoms with van der Waals surface area (Å²) in [6.45, 7) is 4.14. The van der Waals surface area contributed by atoms with Gasteiger partial charge >= 0.3 is 0 Å². The molecular weight excluding hydrogens is 219 g/mol. The molecule has 0 aliphatic rings. The summed E-state index contributed by atoms with van der Waals surface area (Å²) in [5, 5.41) is 0. The highest BCUT2D eigenvalue weighted by atomic mass is 19.1. The van der Waals surface area contributed by atoms with Crippen LogP contribution in [0.15, 0.2) is 30.9 Å². The standard InChI is InChI=1S/C14H17FO2/c1-2-3-4-5-6-9-17-14-8-7-12(11-16)10-13(14)15/h2,7-8,10-11H,1,3-6,9H2. The van der Waals surface area contributed by atoms with Gasteiger partial charge in [-0.15, -0.1) is 6.58 Å². The zero-order valence-corrected chi connectivity index (χ0v) is 9.82. The van der Waals surface area contributed by atoms with E-state index in [4.69, 9.17) is 4.74 Å². The molecule has 0 N–H and O–H groups in total. The maximum atomic E-state index is 13.4. The number of benzene rings is 1.